The molecule has 148 valence electrons. The number of aromatic amines is 1. The van der Waals surface area contributed by atoms with Gasteiger partial charge in [-0.15, -0.1) is 0 Å². The van der Waals surface area contributed by atoms with Crippen molar-refractivity contribution in [2.45, 2.75) is 30.9 Å². The third-order valence-corrected chi connectivity index (χ3v) is 5.54. The molecule has 2 aliphatic heterocycles. The summed E-state index contributed by atoms with van der Waals surface area (Å²) in [6, 6.07) is 10.3. The first-order valence-electron chi connectivity index (χ1n) is 9.94. The molecule has 0 spiro atoms. The average molecular weight is 382 g/mol. The van der Waals surface area contributed by atoms with Gasteiger partial charge in [-0.05, 0) is 30.9 Å². The van der Waals surface area contributed by atoms with E-state index in [4.69, 9.17) is 19.2 Å². The first-order chi connectivity index (χ1) is 13.8. The Morgan fingerprint density at radius 3 is 3.00 bits per heavy atom. The Labute approximate surface area is 164 Å². The Kier molecular flexibility index (Phi) is 4.70. The number of rotatable bonds is 6. The van der Waals surface area contributed by atoms with E-state index >= 15 is 0 Å². The highest BCUT2D eigenvalue weighted by molar-refractivity contribution is 6.04. The van der Waals surface area contributed by atoms with Crippen molar-refractivity contribution in [2.75, 3.05) is 38.9 Å². The normalized spacial score (nSPS) is 23.1. The summed E-state index contributed by atoms with van der Waals surface area (Å²) in [7, 11) is 1.68. The molecule has 1 aromatic heterocycles. The zero-order valence-electron chi connectivity index (χ0n) is 16.0. The van der Waals surface area contributed by atoms with Crippen LogP contribution in [0.25, 0.3) is 0 Å². The van der Waals surface area contributed by atoms with Gasteiger partial charge in [0.05, 0.1) is 24.8 Å². The van der Waals surface area contributed by atoms with Gasteiger partial charge in [-0.3, -0.25) is 0 Å². The zero-order chi connectivity index (χ0) is 18.9. The van der Waals surface area contributed by atoms with Crippen LogP contribution >= 0.6 is 0 Å². The van der Waals surface area contributed by atoms with Gasteiger partial charge >= 0.3 is 0 Å². The summed E-state index contributed by atoms with van der Waals surface area (Å²) in [5.74, 6) is 3.52. The molecule has 0 amide bonds. The lowest BCUT2D eigenvalue weighted by molar-refractivity contribution is -0.0303. The smallest absolute Gasteiger partial charge is 0.134 e. The number of nitrogens with zero attached hydrogens (tertiary/aromatic N) is 1. The number of ether oxygens (including phenoxy) is 3. The quantitative estimate of drug-likeness (QED) is 0.670. The molecule has 0 radical (unpaired) electrons. The fraction of sp³-hybridized carbons (Fsp3) is 0.476. The van der Waals surface area contributed by atoms with E-state index in [1.54, 1.807) is 7.11 Å². The molecule has 3 heterocycles. The van der Waals surface area contributed by atoms with Crippen LogP contribution in [0, 0.1) is 0 Å². The highest BCUT2D eigenvalue weighted by Crippen LogP contribution is 2.41. The zero-order valence-corrected chi connectivity index (χ0v) is 16.0. The highest BCUT2D eigenvalue weighted by Gasteiger charge is 2.34. The van der Waals surface area contributed by atoms with Crippen molar-refractivity contribution in [3.05, 3.63) is 47.2 Å². The summed E-state index contributed by atoms with van der Waals surface area (Å²) in [4.78, 5) is 8.25. The maximum absolute atomic E-state index is 6.08. The molecule has 5 rings (SSSR count). The number of hydrogen-bond acceptors (Lipinski definition) is 6. The number of H-pyrrole nitrogens is 1. The Morgan fingerprint density at radius 2 is 2.14 bits per heavy atom. The lowest BCUT2D eigenvalue weighted by Crippen LogP contribution is -2.44. The van der Waals surface area contributed by atoms with Crippen molar-refractivity contribution in [1.29, 1.82) is 0 Å². The van der Waals surface area contributed by atoms with Gasteiger partial charge in [-0.1, -0.05) is 18.2 Å². The van der Waals surface area contributed by atoms with Gasteiger partial charge in [0.2, 0.25) is 0 Å². The summed E-state index contributed by atoms with van der Waals surface area (Å²) in [5.41, 5.74) is 3.50. The summed E-state index contributed by atoms with van der Waals surface area (Å²) >= 11 is 0. The monoisotopic (exact) mass is 382 g/mol. The highest BCUT2D eigenvalue weighted by atomic mass is 16.6. The van der Waals surface area contributed by atoms with E-state index in [1.807, 2.05) is 18.2 Å². The summed E-state index contributed by atoms with van der Waals surface area (Å²) < 4.78 is 17.2. The number of aliphatic imine (C=N–C) groups is 1. The number of aromatic nitrogens is 1. The van der Waals surface area contributed by atoms with Crippen LogP contribution in [0.2, 0.25) is 0 Å². The Bertz CT molecular complexity index is 874. The van der Waals surface area contributed by atoms with Gasteiger partial charge in [0, 0.05) is 18.4 Å². The van der Waals surface area contributed by atoms with Gasteiger partial charge in [-0.25, -0.2) is 4.99 Å². The van der Waals surface area contributed by atoms with E-state index in [2.05, 4.69) is 27.8 Å². The molecule has 7 heteroatoms. The standard InChI is InChI=1S/C21H26N4O3/c1-26-8-9-27-18-11-28-17-5-3-2-4-14(17)19(18)25-21-15-10-16(13-6-7-13)24-20(15)22-12-23-21/h2-5,10,13,18-19,22,24H,6-9,11-12H2,1H3,(H,23,25)/t18-,19-/m0/s1. The minimum absolute atomic E-state index is 0.0363. The van der Waals surface area contributed by atoms with E-state index < -0.39 is 0 Å². The predicted molar refractivity (Wildman–Crippen MR) is 107 cm³/mol. The van der Waals surface area contributed by atoms with Crippen LogP contribution in [0.15, 0.2) is 35.3 Å². The lowest BCUT2D eigenvalue weighted by atomic mass is 9.97. The first-order valence-corrected chi connectivity index (χ1v) is 9.94. The van der Waals surface area contributed by atoms with E-state index in [1.165, 1.54) is 18.5 Å². The van der Waals surface area contributed by atoms with E-state index in [9.17, 15) is 0 Å². The third kappa shape index (κ3) is 3.36. The van der Waals surface area contributed by atoms with Crippen molar-refractivity contribution in [3.63, 3.8) is 0 Å². The molecule has 0 saturated heterocycles. The fourth-order valence-corrected chi connectivity index (χ4v) is 3.90. The Morgan fingerprint density at radius 1 is 1.25 bits per heavy atom. The molecule has 0 bridgehead atoms. The number of amidine groups is 1. The number of methoxy groups -OCH3 is 1. The second-order valence-electron chi connectivity index (χ2n) is 7.50. The molecule has 1 saturated carbocycles. The number of nitrogens with one attached hydrogen (secondary N) is 3. The summed E-state index contributed by atoms with van der Waals surface area (Å²) in [6.07, 6.45) is 2.41. The van der Waals surface area contributed by atoms with Crippen molar-refractivity contribution in [2.24, 2.45) is 4.99 Å². The number of hydrogen-bond donors (Lipinski definition) is 3. The van der Waals surface area contributed by atoms with Gasteiger partial charge in [-0.2, -0.15) is 0 Å². The van der Waals surface area contributed by atoms with Crippen LogP contribution in [0.1, 0.15) is 41.6 Å². The molecule has 28 heavy (non-hydrogen) atoms. The Balaban J connectivity index is 1.42. The SMILES string of the molecule is COCCO[C@H]1COc2ccccc2[C@@H]1NC1=NCNc2[nH]c(C3CC3)cc21. The maximum Gasteiger partial charge on any atom is 0.134 e. The molecule has 2 aromatic rings. The van der Waals surface area contributed by atoms with Crippen LogP contribution in [-0.2, 0) is 9.47 Å². The van der Waals surface area contributed by atoms with E-state index in [0.717, 1.165) is 28.5 Å². The molecular weight excluding hydrogens is 356 g/mol. The average Bonchev–Trinajstić information content (AvgIpc) is 3.48. The number of fused-ring (bicyclic) bond motifs is 2. The molecule has 0 unspecified atom stereocenters. The number of para-hydroxylation sites is 1. The van der Waals surface area contributed by atoms with Crippen molar-refractivity contribution in [1.82, 2.24) is 10.3 Å². The van der Waals surface area contributed by atoms with E-state index in [0.29, 0.717) is 32.4 Å². The number of benzene rings is 1. The van der Waals surface area contributed by atoms with Gasteiger partial charge < -0.3 is 29.8 Å². The molecule has 3 aliphatic rings. The van der Waals surface area contributed by atoms with Crippen molar-refractivity contribution < 1.29 is 14.2 Å². The molecule has 2 atom stereocenters. The molecule has 3 N–H and O–H groups in total. The van der Waals surface area contributed by atoms with Crippen molar-refractivity contribution >= 4 is 11.7 Å². The number of anilines is 1. The first kappa shape index (κ1) is 17.6. The summed E-state index contributed by atoms with van der Waals surface area (Å²) in [6.45, 7) is 2.14. The van der Waals surface area contributed by atoms with Crippen LogP contribution in [-0.4, -0.2) is 50.5 Å². The minimum Gasteiger partial charge on any atom is -0.490 e. The lowest BCUT2D eigenvalue weighted by Gasteiger charge is -2.35. The van der Waals surface area contributed by atoms with Crippen LogP contribution in [0.3, 0.4) is 0 Å². The molecule has 7 nitrogen and oxygen atoms in total. The maximum atomic E-state index is 6.08. The van der Waals surface area contributed by atoms with Crippen molar-refractivity contribution in [3.8, 4) is 5.75 Å². The second-order valence-corrected chi connectivity index (χ2v) is 7.50. The molecule has 1 fully saturated rings. The van der Waals surface area contributed by atoms with Gasteiger partial charge in [0.1, 0.15) is 36.8 Å². The molecule has 1 aromatic carbocycles. The molecular formula is C21H26N4O3. The van der Waals surface area contributed by atoms with Gasteiger partial charge in [0.25, 0.3) is 0 Å². The largest absolute Gasteiger partial charge is 0.490 e. The third-order valence-electron chi connectivity index (χ3n) is 5.54. The van der Waals surface area contributed by atoms with Crippen LogP contribution in [0.4, 0.5) is 5.82 Å². The molecule has 1 aliphatic carbocycles. The van der Waals surface area contributed by atoms with Gasteiger partial charge in [0.15, 0.2) is 0 Å². The fourth-order valence-electron chi connectivity index (χ4n) is 3.90. The topological polar surface area (TPSA) is 79.9 Å². The second kappa shape index (κ2) is 7.48. The summed E-state index contributed by atoms with van der Waals surface area (Å²) in [5, 5.41) is 7.01. The van der Waals surface area contributed by atoms with E-state index in [-0.39, 0.29) is 12.1 Å². The predicted octanol–water partition coefficient (Wildman–Crippen LogP) is 2.78. The Hall–Kier alpha value is -2.51. The minimum atomic E-state index is -0.118. The van der Waals surface area contributed by atoms with Crippen LogP contribution in [0.5, 0.6) is 5.75 Å². The van der Waals surface area contributed by atoms with Crippen LogP contribution < -0.4 is 15.4 Å².